The fourth-order valence-corrected chi connectivity index (χ4v) is 2.61. The van der Waals surface area contributed by atoms with Gasteiger partial charge in [0.15, 0.2) is 5.58 Å². The van der Waals surface area contributed by atoms with Crippen LogP contribution in [0.25, 0.3) is 22.6 Å². The standard InChI is InChI=1S/C18H18ClNO/c1-2-3-5-14-6-4-7-16-17(14)20-18(21-16)15-10-8-13(12-19)9-11-15/h4,6-11H,2-3,5,12H2,1H3. The van der Waals surface area contributed by atoms with Crippen LogP contribution >= 0.6 is 11.6 Å². The van der Waals surface area contributed by atoms with E-state index in [0.29, 0.717) is 11.8 Å². The maximum atomic E-state index is 5.90. The van der Waals surface area contributed by atoms with Crippen LogP contribution in [0.1, 0.15) is 30.9 Å². The first-order chi connectivity index (χ1) is 10.3. The summed E-state index contributed by atoms with van der Waals surface area (Å²) in [5.74, 6) is 1.20. The lowest BCUT2D eigenvalue weighted by atomic mass is 10.1. The highest BCUT2D eigenvalue weighted by atomic mass is 35.5. The average molecular weight is 300 g/mol. The van der Waals surface area contributed by atoms with Crippen LogP contribution < -0.4 is 0 Å². The summed E-state index contributed by atoms with van der Waals surface area (Å²) in [4.78, 5) is 4.69. The van der Waals surface area contributed by atoms with Gasteiger partial charge in [-0.2, -0.15) is 0 Å². The molecule has 3 aromatic rings. The van der Waals surface area contributed by atoms with E-state index >= 15 is 0 Å². The molecule has 3 heteroatoms. The highest BCUT2D eigenvalue weighted by Crippen LogP contribution is 2.27. The summed E-state index contributed by atoms with van der Waals surface area (Å²) in [7, 11) is 0. The molecule has 0 radical (unpaired) electrons. The summed E-state index contributed by atoms with van der Waals surface area (Å²) in [5, 5.41) is 0. The van der Waals surface area contributed by atoms with Crippen molar-refractivity contribution in [3.63, 3.8) is 0 Å². The number of aromatic nitrogens is 1. The molecule has 0 spiro atoms. The molecule has 0 saturated carbocycles. The lowest BCUT2D eigenvalue weighted by Crippen LogP contribution is -1.86. The van der Waals surface area contributed by atoms with Crippen molar-refractivity contribution in [3.05, 3.63) is 53.6 Å². The van der Waals surface area contributed by atoms with Gasteiger partial charge < -0.3 is 4.42 Å². The number of hydrogen-bond donors (Lipinski definition) is 0. The van der Waals surface area contributed by atoms with E-state index in [4.69, 9.17) is 21.0 Å². The van der Waals surface area contributed by atoms with Crippen LogP contribution in [0.3, 0.4) is 0 Å². The fraction of sp³-hybridized carbons (Fsp3) is 0.278. The van der Waals surface area contributed by atoms with E-state index in [9.17, 15) is 0 Å². The molecular weight excluding hydrogens is 282 g/mol. The van der Waals surface area contributed by atoms with Crippen LogP contribution in [-0.4, -0.2) is 4.98 Å². The van der Waals surface area contributed by atoms with Crippen molar-refractivity contribution in [1.82, 2.24) is 4.98 Å². The fourth-order valence-electron chi connectivity index (χ4n) is 2.43. The van der Waals surface area contributed by atoms with Gasteiger partial charge in [0.25, 0.3) is 0 Å². The zero-order chi connectivity index (χ0) is 14.7. The van der Waals surface area contributed by atoms with Gasteiger partial charge in [-0.3, -0.25) is 0 Å². The first-order valence-corrected chi connectivity index (χ1v) is 7.89. The molecule has 0 atom stereocenters. The summed E-state index contributed by atoms with van der Waals surface area (Å²) in [6.45, 7) is 2.20. The molecule has 0 aliphatic rings. The van der Waals surface area contributed by atoms with E-state index in [1.54, 1.807) is 0 Å². The molecule has 2 aromatic carbocycles. The third-order valence-corrected chi connectivity index (χ3v) is 3.97. The van der Waals surface area contributed by atoms with Crippen LogP contribution in [0.5, 0.6) is 0 Å². The van der Waals surface area contributed by atoms with Crippen LogP contribution in [0.2, 0.25) is 0 Å². The van der Waals surface area contributed by atoms with Crippen molar-refractivity contribution in [2.24, 2.45) is 0 Å². The molecule has 2 nitrogen and oxygen atoms in total. The Kier molecular flexibility index (Phi) is 4.26. The molecule has 0 N–H and O–H groups in total. The molecule has 108 valence electrons. The van der Waals surface area contributed by atoms with Gasteiger partial charge in [0, 0.05) is 11.4 Å². The highest BCUT2D eigenvalue weighted by molar-refractivity contribution is 6.17. The summed E-state index contributed by atoms with van der Waals surface area (Å²) >= 11 is 5.82. The molecule has 0 saturated heterocycles. The summed E-state index contributed by atoms with van der Waals surface area (Å²) < 4.78 is 5.90. The number of para-hydroxylation sites is 1. The molecule has 0 amide bonds. The monoisotopic (exact) mass is 299 g/mol. The van der Waals surface area contributed by atoms with Crippen LogP contribution in [0, 0.1) is 0 Å². The Morgan fingerprint density at radius 1 is 1.10 bits per heavy atom. The van der Waals surface area contributed by atoms with Gasteiger partial charge in [-0.15, -0.1) is 11.6 Å². The predicted molar refractivity (Wildman–Crippen MR) is 87.6 cm³/mol. The lowest BCUT2D eigenvalue weighted by molar-refractivity contribution is 0.620. The quantitative estimate of drug-likeness (QED) is 0.575. The predicted octanol–water partition coefficient (Wildman–Crippen LogP) is 5.58. The molecule has 21 heavy (non-hydrogen) atoms. The number of alkyl halides is 1. The van der Waals surface area contributed by atoms with E-state index < -0.39 is 0 Å². The Morgan fingerprint density at radius 3 is 2.62 bits per heavy atom. The number of hydrogen-bond acceptors (Lipinski definition) is 2. The smallest absolute Gasteiger partial charge is 0.227 e. The number of aryl methyl sites for hydroxylation is 1. The largest absolute Gasteiger partial charge is 0.436 e. The number of unbranched alkanes of at least 4 members (excludes halogenated alkanes) is 1. The van der Waals surface area contributed by atoms with Gasteiger partial charge in [0.05, 0.1) is 0 Å². The minimum absolute atomic E-state index is 0.523. The highest BCUT2D eigenvalue weighted by Gasteiger charge is 2.11. The number of halogens is 1. The topological polar surface area (TPSA) is 26.0 Å². The third kappa shape index (κ3) is 2.96. The molecule has 0 aliphatic heterocycles. The van der Waals surface area contributed by atoms with Crippen molar-refractivity contribution in [2.45, 2.75) is 32.1 Å². The van der Waals surface area contributed by atoms with Crippen LogP contribution in [-0.2, 0) is 12.3 Å². The molecule has 0 fully saturated rings. The normalized spacial score (nSPS) is 11.1. The van der Waals surface area contributed by atoms with Crippen molar-refractivity contribution < 1.29 is 4.42 Å². The zero-order valence-electron chi connectivity index (χ0n) is 12.1. The zero-order valence-corrected chi connectivity index (χ0v) is 12.9. The van der Waals surface area contributed by atoms with Crippen molar-refractivity contribution in [3.8, 4) is 11.5 Å². The van der Waals surface area contributed by atoms with Gasteiger partial charge >= 0.3 is 0 Å². The van der Waals surface area contributed by atoms with Crippen LogP contribution in [0.15, 0.2) is 46.9 Å². The number of oxazole rings is 1. The van der Waals surface area contributed by atoms with Crippen molar-refractivity contribution in [1.29, 1.82) is 0 Å². The first kappa shape index (κ1) is 14.2. The molecule has 0 aliphatic carbocycles. The van der Waals surface area contributed by atoms with E-state index in [1.165, 1.54) is 18.4 Å². The number of nitrogens with zero attached hydrogens (tertiary/aromatic N) is 1. The molecule has 0 bridgehead atoms. The molecule has 1 aromatic heterocycles. The van der Waals surface area contributed by atoms with Crippen molar-refractivity contribution in [2.75, 3.05) is 0 Å². The Bertz CT molecular complexity index is 731. The minimum atomic E-state index is 0.523. The lowest BCUT2D eigenvalue weighted by Gasteiger charge is -1.99. The van der Waals surface area contributed by atoms with E-state index in [2.05, 4.69) is 13.0 Å². The Morgan fingerprint density at radius 2 is 1.90 bits per heavy atom. The Hall–Kier alpha value is -1.80. The summed E-state index contributed by atoms with van der Waals surface area (Å²) in [6.07, 6.45) is 3.40. The van der Waals surface area contributed by atoms with Gasteiger partial charge in [-0.1, -0.05) is 37.6 Å². The van der Waals surface area contributed by atoms with Gasteiger partial charge in [-0.05, 0) is 42.2 Å². The second-order valence-electron chi connectivity index (χ2n) is 5.22. The molecule has 0 unspecified atom stereocenters. The number of benzene rings is 2. The third-order valence-electron chi connectivity index (χ3n) is 3.66. The summed E-state index contributed by atoms with van der Waals surface area (Å²) in [5.41, 5.74) is 5.20. The van der Waals surface area contributed by atoms with E-state index in [0.717, 1.165) is 28.6 Å². The average Bonchev–Trinajstić information content (AvgIpc) is 2.97. The maximum absolute atomic E-state index is 5.90. The Labute approximate surface area is 129 Å². The van der Waals surface area contributed by atoms with Crippen LogP contribution in [0.4, 0.5) is 0 Å². The van der Waals surface area contributed by atoms with E-state index in [1.807, 2.05) is 36.4 Å². The SMILES string of the molecule is CCCCc1cccc2oc(-c3ccc(CCl)cc3)nc12. The van der Waals surface area contributed by atoms with Gasteiger partial charge in [0.1, 0.15) is 5.52 Å². The van der Waals surface area contributed by atoms with Gasteiger partial charge in [0.2, 0.25) is 5.89 Å². The second-order valence-corrected chi connectivity index (χ2v) is 5.48. The first-order valence-electron chi connectivity index (χ1n) is 7.35. The maximum Gasteiger partial charge on any atom is 0.227 e. The Balaban J connectivity index is 1.99. The minimum Gasteiger partial charge on any atom is -0.436 e. The number of rotatable bonds is 5. The van der Waals surface area contributed by atoms with E-state index in [-0.39, 0.29) is 0 Å². The second kappa shape index (κ2) is 6.31. The van der Waals surface area contributed by atoms with Gasteiger partial charge in [-0.25, -0.2) is 4.98 Å². The van der Waals surface area contributed by atoms with Crippen molar-refractivity contribution >= 4 is 22.7 Å². The molecule has 1 heterocycles. The number of fused-ring (bicyclic) bond motifs is 1. The molecule has 3 rings (SSSR count). The summed E-state index contributed by atoms with van der Waals surface area (Å²) in [6, 6.07) is 14.2. The molecular formula is C18H18ClNO.